The molecule has 0 aliphatic carbocycles. The van der Waals surface area contributed by atoms with Gasteiger partial charge in [0.2, 0.25) is 0 Å². The third kappa shape index (κ3) is 4.00. The number of fused-ring (bicyclic) bond motifs is 2. The first-order valence-electron chi connectivity index (χ1n) is 10.7. The lowest BCUT2D eigenvalue weighted by molar-refractivity contribution is -0.384. The van der Waals surface area contributed by atoms with Gasteiger partial charge in [-0.05, 0) is 48.4 Å². The number of carbonyl (C=O) groups is 1. The average Bonchev–Trinajstić information content (AvgIpc) is 3.17. The van der Waals surface area contributed by atoms with E-state index in [0.717, 1.165) is 16.5 Å². The Balaban J connectivity index is 1.74. The molecule has 1 atom stereocenters. The molecule has 2 aromatic carbocycles. The molecule has 0 amide bonds. The zero-order valence-corrected chi connectivity index (χ0v) is 20.5. The number of hydrogen-bond donors (Lipinski definition) is 0. The summed E-state index contributed by atoms with van der Waals surface area (Å²) >= 11 is 7.18. The van der Waals surface area contributed by atoms with Crippen molar-refractivity contribution in [3.05, 3.63) is 112 Å². The van der Waals surface area contributed by atoms with Gasteiger partial charge in [-0.25, -0.2) is 9.79 Å². The number of ether oxygens (including phenoxy) is 1. The van der Waals surface area contributed by atoms with Gasteiger partial charge in [-0.15, -0.1) is 0 Å². The fourth-order valence-corrected chi connectivity index (χ4v) is 5.42. The summed E-state index contributed by atoms with van der Waals surface area (Å²) in [6.45, 7) is 1.64. The smallest absolute Gasteiger partial charge is 0.338 e. The minimum atomic E-state index is -0.979. The van der Waals surface area contributed by atoms with Crippen LogP contribution >= 0.6 is 22.9 Å². The van der Waals surface area contributed by atoms with E-state index in [0.29, 0.717) is 20.6 Å². The molecular formula is C25H17ClN4O5S. The van der Waals surface area contributed by atoms with Gasteiger partial charge < -0.3 is 4.74 Å². The van der Waals surface area contributed by atoms with Crippen LogP contribution in [0.25, 0.3) is 17.0 Å². The highest BCUT2D eigenvalue weighted by molar-refractivity contribution is 7.07. The lowest BCUT2D eigenvalue weighted by Crippen LogP contribution is -2.39. The summed E-state index contributed by atoms with van der Waals surface area (Å²) in [6, 6.07) is 12.6. The Morgan fingerprint density at radius 2 is 2.06 bits per heavy atom. The van der Waals surface area contributed by atoms with Crippen LogP contribution in [0.2, 0.25) is 5.02 Å². The normalized spacial score (nSPS) is 15.5. The molecule has 180 valence electrons. The van der Waals surface area contributed by atoms with E-state index in [9.17, 15) is 19.7 Å². The molecule has 4 aromatic rings. The fraction of sp³-hybridized carbons (Fsp3) is 0.120. The molecule has 0 radical (unpaired) electrons. The van der Waals surface area contributed by atoms with Crippen LogP contribution in [0.3, 0.4) is 0 Å². The number of benzene rings is 2. The lowest BCUT2D eigenvalue weighted by Gasteiger charge is -2.24. The number of aromatic nitrogens is 2. The van der Waals surface area contributed by atoms with E-state index in [1.807, 2.05) is 30.3 Å². The second kappa shape index (κ2) is 9.14. The van der Waals surface area contributed by atoms with Crippen LogP contribution in [-0.4, -0.2) is 27.6 Å². The monoisotopic (exact) mass is 520 g/mol. The highest BCUT2D eigenvalue weighted by Gasteiger charge is 2.34. The standard InChI is InChI=1S/C25H17ClN4O5S/c1-13-21(24(32)35-2)22(16-6-7-17(26)19(12-16)30(33)34)29-23(31)20(36-25(29)28-13)11-14-5-8-18-15(10-14)4-3-9-27-18/h3-12,22H,1-2H3. The number of thiazole rings is 1. The summed E-state index contributed by atoms with van der Waals surface area (Å²) in [4.78, 5) is 46.5. The Labute approximate surface area is 212 Å². The Morgan fingerprint density at radius 3 is 2.81 bits per heavy atom. The molecule has 9 nitrogen and oxygen atoms in total. The number of nitro benzene ring substituents is 1. The minimum absolute atomic E-state index is 0.0535. The highest BCUT2D eigenvalue weighted by atomic mass is 35.5. The summed E-state index contributed by atoms with van der Waals surface area (Å²) in [5.41, 5.74) is 1.72. The first-order chi connectivity index (χ1) is 17.3. The van der Waals surface area contributed by atoms with Gasteiger partial charge in [-0.1, -0.05) is 41.1 Å². The van der Waals surface area contributed by atoms with Gasteiger partial charge in [0.25, 0.3) is 11.2 Å². The van der Waals surface area contributed by atoms with Crippen LogP contribution < -0.4 is 14.9 Å². The number of pyridine rings is 1. The summed E-state index contributed by atoms with van der Waals surface area (Å²) in [7, 11) is 1.23. The largest absolute Gasteiger partial charge is 0.466 e. The molecule has 2 aromatic heterocycles. The number of halogens is 1. The van der Waals surface area contributed by atoms with Crippen molar-refractivity contribution in [2.45, 2.75) is 13.0 Å². The van der Waals surface area contributed by atoms with E-state index in [4.69, 9.17) is 16.3 Å². The van der Waals surface area contributed by atoms with Crippen molar-refractivity contribution < 1.29 is 14.5 Å². The van der Waals surface area contributed by atoms with E-state index in [2.05, 4.69) is 9.98 Å². The number of nitrogens with zero attached hydrogens (tertiary/aromatic N) is 4. The molecule has 1 aliphatic rings. The molecule has 0 saturated carbocycles. The van der Waals surface area contributed by atoms with Crippen molar-refractivity contribution in [3.63, 3.8) is 0 Å². The van der Waals surface area contributed by atoms with Gasteiger partial charge in [0, 0.05) is 17.6 Å². The number of allylic oxidation sites excluding steroid dienone is 1. The van der Waals surface area contributed by atoms with Crippen molar-refractivity contribution in [1.82, 2.24) is 9.55 Å². The molecule has 11 heteroatoms. The maximum atomic E-state index is 13.6. The summed E-state index contributed by atoms with van der Waals surface area (Å²) in [6.07, 6.45) is 3.46. The molecule has 1 unspecified atom stereocenters. The molecule has 0 fully saturated rings. The first-order valence-corrected chi connectivity index (χ1v) is 11.9. The third-order valence-corrected chi connectivity index (χ3v) is 7.14. The number of nitro groups is 1. The lowest BCUT2D eigenvalue weighted by atomic mass is 9.95. The Kier molecular flexibility index (Phi) is 5.99. The van der Waals surface area contributed by atoms with Gasteiger partial charge in [-0.2, -0.15) is 0 Å². The van der Waals surface area contributed by atoms with E-state index in [1.165, 1.54) is 35.1 Å². The Hall–Kier alpha value is -4.15. The van der Waals surface area contributed by atoms with Gasteiger partial charge in [-0.3, -0.25) is 24.5 Å². The summed E-state index contributed by atoms with van der Waals surface area (Å²) in [5.74, 6) is -0.685. The SMILES string of the molecule is COC(=O)C1=C(C)N=c2sc(=Cc3ccc4ncccc4c3)c(=O)n2C1c1ccc(Cl)c([N+](=O)[O-])c1. The maximum Gasteiger partial charge on any atom is 0.338 e. The highest BCUT2D eigenvalue weighted by Crippen LogP contribution is 2.34. The molecule has 5 rings (SSSR count). The Bertz CT molecular complexity index is 1790. The zero-order valence-electron chi connectivity index (χ0n) is 19.0. The number of esters is 1. The maximum absolute atomic E-state index is 13.6. The first kappa shape index (κ1) is 23.6. The zero-order chi connectivity index (χ0) is 25.6. The van der Waals surface area contributed by atoms with E-state index < -0.39 is 16.9 Å². The molecule has 0 N–H and O–H groups in total. The summed E-state index contributed by atoms with van der Waals surface area (Å²) < 4.78 is 6.73. The van der Waals surface area contributed by atoms with Crippen LogP contribution in [0.1, 0.15) is 24.1 Å². The van der Waals surface area contributed by atoms with Gasteiger partial charge in [0.15, 0.2) is 4.80 Å². The molecule has 0 spiro atoms. The van der Waals surface area contributed by atoms with Crippen LogP contribution in [0.4, 0.5) is 5.69 Å². The predicted octanol–water partition coefficient (Wildman–Crippen LogP) is 3.52. The van der Waals surface area contributed by atoms with Gasteiger partial charge in [0.05, 0.1) is 39.4 Å². The fourth-order valence-electron chi connectivity index (χ4n) is 4.18. The number of carbonyl (C=O) groups excluding carboxylic acids is 1. The number of rotatable bonds is 4. The summed E-state index contributed by atoms with van der Waals surface area (Å²) in [5, 5.41) is 12.4. The van der Waals surface area contributed by atoms with Gasteiger partial charge in [0.1, 0.15) is 5.02 Å². The predicted molar refractivity (Wildman–Crippen MR) is 136 cm³/mol. The van der Waals surface area contributed by atoms with Crippen LogP contribution in [0, 0.1) is 10.1 Å². The number of hydrogen-bond acceptors (Lipinski definition) is 8. The van der Waals surface area contributed by atoms with E-state index >= 15 is 0 Å². The van der Waals surface area contributed by atoms with Crippen LogP contribution in [0.5, 0.6) is 0 Å². The van der Waals surface area contributed by atoms with Crippen molar-refractivity contribution >= 4 is 51.6 Å². The molecular weight excluding hydrogens is 504 g/mol. The molecule has 36 heavy (non-hydrogen) atoms. The Morgan fingerprint density at radius 1 is 1.25 bits per heavy atom. The van der Waals surface area contributed by atoms with Crippen LogP contribution in [0.15, 0.2) is 75.8 Å². The molecule has 0 saturated heterocycles. The van der Waals surface area contributed by atoms with Crippen molar-refractivity contribution in [2.75, 3.05) is 7.11 Å². The van der Waals surface area contributed by atoms with Crippen molar-refractivity contribution in [2.24, 2.45) is 4.99 Å². The van der Waals surface area contributed by atoms with Crippen molar-refractivity contribution in [1.29, 1.82) is 0 Å². The van der Waals surface area contributed by atoms with Crippen LogP contribution in [-0.2, 0) is 9.53 Å². The second-order valence-electron chi connectivity index (χ2n) is 8.00. The number of methoxy groups -OCH3 is 1. The second-order valence-corrected chi connectivity index (χ2v) is 9.41. The average molecular weight is 521 g/mol. The third-order valence-electron chi connectivity index (χ3n) is 5.83. The molecule has 3 heterocycles. The topological polar surface area (TPSA) is 117 Å². The minimum Gasteiger partial charge on any atom is -0.466 e. The van der Waals surface area contributed by atoms with E-state index in [1.54, 1.807) is 25.3 Å². The molecule has 0 bridgehead atoms. The van der Waals surface area contributed by atoms with Crippen molar-refractivity contribution in [3.8, 4) is 0 Å². The molecule has 1 aliphatic heterocycles. The van der Waals surface area contributed by atoms with Gasteiger partial charge >= 0.3 is 5.97 Å². The quantitative estimate of drug-likeness (QED) is 0.231. The van der Waals surface area contributed by atoms with E-state index in [-0.39, 0.29) is 21.8 Å².